The highest BCUT2D eigenvalue weighted by molar-refractivity contribution is 5.99. The molecule has 0 atom stereocenters. The first-order chi connectivity index (χ1) is 10.9. The molecular formula is C18H9F3O2. The van der Waals surface area contributed by atoms with Gasteiger partial charge in [-0.25, -0.2) is 0 Å². The van der Waals surface area contributed by atoms with E-state index >= 15 is 0 Å². The summed E-state index contributed by atoms with van der Waals surface area (Å²) in [6, 6.07) is 14.1. The van der Waals surface area contributed by atoms with Gasteiger partial charge in [0.05, 0.1) is 16.3 Å². The fourth-order valence-electron chi connectivity index (χ4n) is 2.82. The van der Waals surface area contributed by atoms with Gasteiger partial charge in [-0.05, 0) is 35.0 Å². The summed E-state index contributed by atoms with van der Waals surface area (Å²) in [4.78, 5) is 12.6. The van der Waals surface area contributed by atoms with Crippen molar-refractivity contribution in [3.05, 3.63) is 70.4 Å². The summed E-state index contributed by atoms with van der Waals surface area (Å²) < 4.78 is 45.1. The Labute approximate surface area is 127 Å². The molecule has 0 aliphatic carbocycles. The maximum atomic E-state index is 13.2. The highest BCUT2D eigenvalue weighted by atomic mass is 19.4. The number of fused-ring (bicyclic) bond motifs is 3. The van der Waals surface area contributed by atoms with Crippen molar-refractivity contribution in [2.75, 3.05) is 0 Å². The molecule has 2 nitrogen and oxygen atoms in total. The zero-order chi connectivity index (χ0) is 16.2. The van der Waals surface area contributed by atoms with Gasteiger partial charge < -0.3 is 4.42 Å². The van der Waals surface area contributed by atoms with Crippen LogP contribution in [-0.4, -0.2) is 0 Å². The largest absolute Gasteiger partial charge is 0.456 e. The molecule has 0 saturated heterocycles. The SMILES string of the molecule is O=c1c2cc3ccccc3cc2oc2cccc(C(F)(F)F)c12. The maximum absolute atomic E-state index is 13.2. The monoisotopic (exact) mass is 314 g/mol. The van der Waals surface area contributed by atoms with Gasteiger partial charge in [-0.1, -0.05) is 30.3 Å². The molecule has 0 fully saturated rings. The van der Waals surface area contributed by atoms with E-state index in [9.17, 15) is 18.0 Å². The van der Waals surface area contributed by atoms with Crippen molar-refractivity contribution in [3.8, 4) is 0 Å². The number of hydrogen-bond donors (Lipinski definition) is 0. The molecular weight excluding hydrogens is 305 g/mol. The zero-order valence-corrected chi connectivity index (χ0v) is 11.6. The summed E-state index contributed by atoms with van der Waals surface area (Å²) in [6.07, 6.45) is -4.61. The van der Waals surface area contributed by atoms with Gasteiger partial charge >= 0.3 is 6.18 Å². The number of hydrogen-bond acceptors (Lipinski definition) is 2. The molecule has 0 N–H and O–H groups in total. The highest BCUT2D eigenvalue weighted by Crippen LogP contribution is 2.34. The Morgan fingerprint density at radius 1 is 0.826 bits per heavy atom. The van der Waals surface area contributed by atoms with E-state index in [2.05, 4.69) is 0 Å². The third kappa shape index (κ3) is 2.08. The number of alkyl halides is 3. The van der Waals surface area contributed by atoms with Crippen molar-refractivity contribution in [1.29, 1.82) is 0 Å². The second-order valence-electron chi connectivity index (χ2n) is 5.30. The van der Waals surface area contributed by atoms with Crippen molar-refractivity contribution in [2.45, 2.75) is 6.18 Å². The summed E-state index contributed by atoms with van der Waals surface area (Å²) in [6.45, 7) is 0. The van der Waals surface area contributed by atoms with Crippen LogP contribution in [0.25, 0.3) is 32.7 Å². The molecule has 0 aliphatic rings. The molecule has 3 aromatic carbocycles. The third-order valence-electron chi connectivity index (χ3n) is 3.87. The highest BCUT2D eigenvalue weighted by Gasteiger charge is 2.34. The lowest BCUT2D eigenvalue weighted by Crippen LogP contribution is -2.12. The second kappa shape index (κ2) is 4.59. The lowest BCUT2D eigenvalue weighted by atomic mass is 10.0. The van der Waals surface area contributed by atoms with Gasteiger partial charge in [0, 0.05) is 0 Å². The van der Waals surface area contributed by atoms with Crippen LogP contribution < -0.4 is 5.43 Å². The molecule has 0 radical (unpaired) electrons. The predicted octanol–water partition coefficient (Wildman–Crippen LogP) is 5.12. The van der Waals surface area contributed by atoms with Gasteiger partial charge in [0.1, 0.15) is 11.2 Å². The quantitative estimate of drug-likeness (QED) is 0.422. The van der Waals surface area contributed by atoms with Gasteiger partial charge in [-0.2, -0.15) is 13.2 Å². The Kier molecular flexibility index (Phi) is 2.75. The Balaban J connectivity index is 2.23. The lowest BCUT2D eigenvalue weighted by Gasteiger charge is -2.10. The van der Waals surface area contributed by atoms with Crippen LogP contribution in [0, 0.1) is 0 Å². The molecule has 4 rings (SSSR count). The van der Waals surface area contributed by atoms with Crippen LogP contribution >= 0.6 is 0 Å². The van der Waals surface area contributed by atoms with E-state index in [1.807, 2.05) is 12.1 Å². The summed E-state index contributed by atoms with van der Waals surface area (Å²) in [5.41, 5.74) is -1.42. The van der Waals surface area contributed by atoms with E-state index in [0.717, 1.165) is 16.8 Å². The Hall–Kier alpha value is -2.82. The van der Waals surface area contributed by atoms with Crippen molar-refractivity contribution in [1.82, 2.24) is 0 Å². The van der Waals surface area contributed by atoms with Crippen LogP contribution in [-0.2, 0) is 6.18 Å². The van der Waals surface area contributed by atoms with Crippen molar-refractivity contribution in [3.63, 3.8) is 0 Å². The predicted molar refractivity (Wildman–Crippen MR) is 82.5 cm³/mol. The van der Waals surface area contributed by atoms with Gasteiger partial charge in [-0.15, -0.1) is 0 Å². The molecule has 1 aromatic heterocycles. The standard InChI is InChI=1S/C18H9F3O2/c19-18(20,21)13-6-3-7-14-16(13)17(22)12-8-10-4-1-2-5-11(10)9-15(12)23-14/h1-9H. The molecule has 0 saturated carbocycles. The van der Waals surface area contributed by atoms with Crippen LogP contribution in [0.2, 0.25) is 0 Å². The minimum Gasteiger partial charge on any atom is -0.456 e. The summed E-state index contributed by atoms with van der Waals surface area (Å²) >= 11 is 0. The topological polar surface area (TPSA) is 30.2 Å². The van der Waals surface area contributed by atoms with Crippen LogP contribution in [0.15, 0.2) is 63.8 Å². The van der Waals surface area contributed by atoms with Gasteiger partial charge in [-0.3, -0.25) is 4.79 Å². The molecule has 5 heteroatoms. The van der Waals surface area contributed by atoms with Crippen molar-refractivity contribution < 1.29 is 17.6 Å². The molecule has 0 unspecified atom stereocenters. The minimum atomic E-state index is -4.61. The maximum Gasteiger partial charge on any atom is 0.417 e. The second-order valence-corrected chi connectivity index (χ2v) is 5.30. The van der Waals surface area contributed by atoms with Gasteiger partial charge in [0.25, 0.3) is 0 Å². The first kappa shape index (κ1) is 13.8. The van der Waals surface area contributed by atoms with Crippen molar-refractivity contribution in [2.24, 2.45) is 0 Å². The summed E-state index contributed by atoms with van der Waals surface area (Å²) in [5.74, 6) is 0. The van der Waals surface area contributed by atoms with Crippen LogP contribution in [0.1, 0.15) is 5.56 Å². The fraction of sp³-hybridized carbons (Fsp3) is 0.0556. The molecule has 0 amide bonds. The van der Waals surface area contributed by atoms with E-state index in [1.165, 1.54) is 12.1 Å². The van der Waals surface area contributed by atoms with E-state index in [-0.39, 0.29) is 16.6 Å². The van der Waals surface area contributed by atoms with Gasteiger partial charge in [0.15, 0.2) is 0 Å². The van der Waals surface area contributed by atoms with Crippen LogP contribution in [0.4, 0.5) is 13.2 Å². The smallest absolute Gasteiger partial charge is 0.417 e. The minimum absolute atomic E-state index is 0.0624. The number of benzene rings is 3. The normalized spacial score (nSPS) is 12.3. The van der Waals surface area contributed by atoms with Crippen molar-refractivity contribution >= 4 is 32.7 Å². The van der Waals surface area contributed by atoms with E-state index in [0.29, 0.717) is 0 Å². The Morgan fingerprint density at radius 3 is 2.22 bits per heavy atom. The average Bonchev–Trinajstić information content (AvgIpc) is 2.52. The first-order valence-electron chi connectivity index (χ1n) is 6.91. The molecule has 0 bridgehead atoms. The Bertz CT molecular complexity index is 1120. The summed E-state index contributed by atoms with van der Waals surface area (Å²) in [7, 11) is 0. The third-order valence-corrected chi connectivity index (χ3v) is 3.87. The molecule has 1 heterocycles. The zero-order valence-electron chi connectivity index (χ0n) is 11.6. The van der Waals surface area contributed by atoms with Gasteiger partial charge in [0.2, 0.25) is 5.43 Å². The molecule has 114 valence electrons. The molecule has 4 aromatic rings. The lowest BCUT2D eigenvalue weighted by molar-refractivity contribution is -0.136. The number of halogens is 3. The van der Waals surface area contributed by atoms with E-state index < -0.39 is 22.6 Å². The molecule has 0 aliphatic heterocycles. The van der Waals surface area contributed by atoms with E-state index in [1.54, 1.807) is 24.3 Å². The van der Waals surface area contributed by atoms with E-state index in [4.69, 9.17) is 4.42 Å². The van der Waals surface area contributed by atoms with Crippen LogP contribution in [0.5, 0.6) is 0 Å². The fourth-order valence-corrected chi connectivity index (χ4v) is 2.82. The molecule has 23 heavy (non-hydrogen) atoms. The first-order valence-corrected chi connectivity index (χ1v) is 6.91. The number of rotatable bonds is 0. The summed E-state index contributed by atoms with van der Waals surface area (Å²) in [5, 5.41) is 1.35. The molecule has 0 spiro atoms. The Morgan fingerprint density at radius 2 is 1.52 bits per heavy atom. The average molecular weight is 314 g/mol. The van der Waals surface area contributed by atoms with Crippen LogP contribution in [0.3, 0.4) is 0 Å².